The predicted octanol–water partition coefficient (Wildman–Crippen LogP) is 4.27. The fraction of sp³-hybridized carbons (Fsp3) is 0.600. The Morgan fingerprint density at radius 1 is 0.579 bits per heavy atom. The monoisotopic (exact) mass is 272 g/mol. The van der Waals surface area contributed by atoms with E-state index in [2.05, 4.69) is 26.3 Å². The van der Waals surface area contributed by atoms with Crippen LogP contribution in [0.4, 0.5) is 0 Å². The highest BCUT2D eigenvalue weighted by Crippen LogP contribution is 2.09. The lowest BCUT2D eigenvalue weighted by molar-refractivity contribution is -0.138. The van der Waals surface area contributed by atoms with E-state index in [-0.39, 0.29) is 12.8 Å². The van der Waals surface area contributed by atoms with Gasteiger partial charge in [-0.1, -0.05) is 32.1 Å². The molecule has 0 radical (unpaired) electrons. The van der Waals surface area contributed by atoms with Crippen LogP contribution in [0, 0.1) is 0 Å². The van der Waals surface area contributed by atoms with Crippen molar-refractivity contribution < 1.29 is 19.8 Å². The maximum atomic E-state index is 10.2. The van der Waals surface area contributed by atoms with Gasteiger partial charge in [0.15, 0.2) is 0 Å². The maximum absolute atomic E-state index is 10.2. The summed E-state index contributed by atoms with van der Waals surface area (Å²) in [5.74, 6) is -1.45. The fourth-order valence-electron chi connectivity index (χ4n) is 1.44. The topological polar surface area (TPSA) is 74.6 Å². The molecule has 0 atom stereocenters. The van der Waals surface area contributed by atoms with Crippen molar-refractivity contribution in [2.75, 3.05) is 0 Å². The first kappa shape index (κ1) is 22.6. The summed E-state index contributed by atoms with van der Waals surface area (Å²) in [6.07, 6.45) is 7.16. The quantitative estimate of drug-likeness (QED) is 0.460. The van der Waals surface area contributed by atoms with Gasteiger partial charge in [0.25, 0.3) is 0 Å². The van der Waals surface area contributed by atoms with E-state index >= 15 is 0 Å². The number of aliphatic carboxylic acids is 2. The molecule has 0 spiro atoms. The van der Waals surface area contributed by atoms with Crippen LogP contribution in [0.2, 0.25) is 0 Å². The lowest BCUT2D eigenvalue weighted by atomic mass is 10.1. The number of rotatable bonds is 10. The molecule has 112 valence electrons. The lowest BCUT2D eigenvalue weighted by Gasteiger charge is -1.99. The molecule has 19 heavy (non-hydrogen) atoms. The van der Waals surface area contributed by atoms with Crippen molar-refractivity contribution in [1.29, 1.82) is 0 Å². The zero-order chi connectivity index (χ0) is 15.5. The maximum Gasteiger partial charge on any atom is 0.303 e. The van der Waals surface area contributed by atoms with Crippen LogP contribution in [-0.2, 0) is 9.59 Å². The van der Waals surface area contributed by atoms with E-state index in [9.17, 15) is 9.59 Å². The Morgan fingerprint density at radius 3 is 1.00 bits per heavy atom. The van der Waals surface area contributed by atoms with Gasteiger partial charge < -0.3 is 10.2 Å². The Morgan fingerprint density at radius 2 is 0.789 bits per heavy atom. The molecule has 0 aliphatic heterocycles. The molecule has 0 heterocycles. The third-order valence-corrected chi connectivity index (χ3v) is 2.28. The van der Waals surface area contributed by atoms with E-state index < -0.39 is 11.9 Å². The van der Waals surface area contributed by atoms with Crippen LogP contribution in [0.1, 0.15) is 57.8 Å². The van der Waals surface area contributed by atoms with Gasteiger partial charge in [0.2, 0.25) is 0 Å². The third-order valence-electron chi connectivity index (χ3n) is 2.28. The van der Waals surface area contributed by atoms with E-state index in [0.717, 1.165) is 44.9 Å². The Hall–Kier alpha value is -1.58. The Bertz CT molecular complexity index is 192. The molecular weight excluding hydrogens is 244 g/mol. The first-order valence-corrected chi connectivity index (χ1v) is 6.56. The average molecular weight is 272 g/mol. The first-order valence-electron chi connectivity index (χ1n) is 6.56. The van der Waals surface area contributed by atoms with Crippen molar-refractivity contribution in [2.24, 2.45) is 0 Å². The van der Waals surface area contributed by atoms with Gasteiger partial charge in [-0.05, 0) is 12.8 Å². The van der Waals surface area contributed by atoms with Gasteiger partial charge in [-0.15, -0.1) is 26.3 Å². The Kier molecular flexibility index (Phi) is 25.8. The molecule has 2 N–H and O–H groups in total. The van der Waals surface area contributed by atoms with Crippen LogP contribution in [0.5, 0.6) is 0 Å². The van der Waals surface area contributed by atoms with Gasteiger partial charge in [0, 0.05) is 12.8 Å². The highest BCUT2D eigenvalue weighted by molar-refractivity contribution is 5.66. The summed E-state index contributed by atoms with van der Waals surface area (Å²) >= 11 is 0. The van der Waals surface area contributed by atoms with Crippen molar-refractivity contribution in [2.45, 2.75) is 57.8 Å². The number of hydrogen-bond donors (Lipinski definition) is 2. The van der Waals surface area contributed by atoms with Gasteiger partial charge in [0.05, 0.1) is 0 Å². The first-order chi connectivity index (χ1) is 9.13. The number of hydrogen-bond acceptors (Lipinski definition) is 2. The minimum atomic E-state index is -0.726. The molecule has 0 unspecified atom stereocenters. The molecule has 0 aliphatic rings. The fourth-order valence-corrected chi connectivity index (χ4v) is 1.44. The zero-order valence-electron chi connectivity index (χ0n) is 11.9. The van der Waals surface area contributed by atoms with Crippen LogP contribution in [0.15, 0.2) is 26.3 Å². The second-order valence-electron chi connectivity index (χ2n) is 3.76. The minimum absolute atomic E-state index is 0.263. The van der Waals surface area contributed by atoms with Crippen molar-refractivity contribution in [1.82, 2.24) is 0 Å². The standard InChI is InChI=1S/C11H20O4.2C2H4/c12-10(13)8-6-4-2-1-3-5-7-9-11(14)15;2*1-2/h1-9H2,(H,12,13)(H,14,15);2*1-2H2. The Balaban J connectivity index is -0.000000579. The molecule has 0 aromatic rings. The molecule has 0 aromatic carbocycles. The highest BCUT2D eigenvalue weighted by atomic mass is 16.4. The highest BCUT2D eigenvalue weighted by Gasteiger charge is 1.98. The number of unbranched alkanes of at least 4 members (excludes halogenated alkanes) is 6. The predicted molar refractivity (Wildman–Crippen MR) is 79.3 cm³/mol. The summed E-state index contributed by atoms with van der Waals surface area (Å²) in [6.45, 7) is 12.0. The Labute approximate surface area is 116 Å². The van der Waals surface area contributed by atoms with E-state index in [1.54, 1.807) is 0 Å². The van der Waals surface area contributed by atoms with Gasteiger partial charge in [0.1, 0.15) is 0 Å². The van der Waals surface area contributed by atoms with Gasteiger partial charge >= 0.3 is 11.9 Å². The van der Waals surface area contributed by atoms with Crippen molar-refractivity contribution in [3.63, 3.8) is 0 Å². The normalized spacial score (nSPS) is 8.42. The number of carbonyl (C=O) groups is 2. The third kappa shape index (κ3) is 31.4. The SMILES string of the molecule is C=C.C=C.O=C(O)CCCCCCCCCC(=O)O. The van der Waals surface area contributed by atoms with Crippen LogP contribution in [0.25, 0.3) is 0 Å². The second-order valence-corrected chi connectivity index (χ2v) is 3.76. The van der Waals surface area contributed by atoms with Crippen molar-refractivity contribution in [3.8, 4) is 0 Å². The van der Waals surface area contributed by atoms with E-state index in [1.165, 1.54) is 0 Å². The van der Waals surface area contributed by atoms with Crippen LogP contribution in [-0.4, -0.2) is 22.2 Å². The lowest BCUT2D eigenvalue weighted by Crippen LogP contribution is -1.94. The molecule has 0 fully saturated rings. The van der Waals surface area contributed by atoms with Crippen LogP contribution in [0.3, 0.4) is 0 Å². The molecular formula is C15H28O4. The van der Waals surface area contributed by atoms with Crippen molar-refractivity contribution in [3.05, 3.63) is 26.3 Å². The number of carboxylic acids is 2. The van der Waals surface area contributed by atoms with Gasteiger partial charge in [-0.2, -0.15) is 0 Å². The summed E-state index contributed by atoms with van der Waals surface area (Å²) in [4.78, 5) is 20.4. The molecule has 0 bridgehead atoms. The number of carboxylic acid groups (broad SMARTS) is 2. The summed E-state index contributed by atoms with van der Waals surface area (Å²) in [7, 11) is 0. The molecule has 0 aromatic heterocycles. The molecule has 0 amide bonds. The summed E-state index contributed by atoms with van der Waals surface area (Å²) in [5.41, 5.74) is 0. The van der Waals surface area contributed by atoms with E-state index in [4.69, 9.17) is 10.2 Å². The average Bonchev–Trinajstić information content (AvgIpc) is 2.41. The molecule has 0 aliphatic carbocycles. The molecule has 4 heteroatoms. The molecule has 0 saturated carbocycles. The second kappa shape index (κ2) is 21.7. The zero-order valence-corrected chi connectivity index (χ0v) is 11.9. The largest absolute Gasteiger partial charge is 0.481 e. The van der Waals surface area contributed by atoms with Gasteiger partial charge in [-0.3, -0.25) is 9.59 Å². The minimum Gasteiger partial charge on any atom is -0.481 e. The molecule has 0 saturated heterocycles. The summed E-state index contributed by atoms with van der Waals surface area (Å²) in [6, 6.07) is 0. The summed E-state index contributed by atoms with van der Waals surface area (Å²) in [5, 5.41) is 16.8. The van der Waals surface area contributed by atoms with Crippen LogP contribution < -0.4 is 0 Å². The van der Waals surface area contributed by atoms with E-state index in [1.807, 2.05) is 0 Å². The smallest absolute Gasteiger partial charge is 0.303 e. The molecule has 4 nitrogen and oxygen atoms in total. The van der Waals surface area contributed by atoms with Gasteiger partial charge in [-0.25, -0.2) is 0 Å². The summed E-state index contributed by atoms with van der Waals surface area (Å²) < 4.78 is 0. The molecule has 0 rings (SSSR count). The van der Waals surface area contributed by atoms with E-state index in [0.29, 0.717) is 0 Å². The van der Waals surface area contributed by atoms with Crippen LogP contribution >= 0.6 is 0 Å². The van der Waals surface area contributed by atoms with Crippen molar-refractivity contribution >= 4 is 11.9 Å².